The van der Waals surface area contributed by atoms with Crippen LogP contribution < -0.4 is 14.2 Å². The van der Waals surface area contributed by atoms with Crippen molar-refractivity contribution in [3.8, 4) is 28.4 Å². The van der Waals surface area contributed by atoms with Gasteiger partial charge in [-0.05, 0) is 78.6 Å². The first-order chi connectivity index (χ1) is 18.5. The van der Waals surface area contributed by atoms with Crippen LogP contribution in [0.1, 0.15) is 53.5 Å². The Morgan fingerprint density at radius 1 is 1.16 bits per heavy atom. The molecule has 5 rings (SSSR count). The Bertz CT molecular complexity index is 1320. The predicted octanol–water partition coefficient (Wildman–Crippen LogP) is 7.04. The van der Waals surface area contributed by atoms with Crippen LogP contribution in [-0.2, 0) is 16.0 Å². The maximum absolute atomic E-state index is 15.2. The molecule has 0 amide bonds. The molecule has 0 saturated heterocycles. The average Bonchev–Trinajstić information content (AvgIpc) is 3.52. The number of fused-ring (bicyclic) bond motifs is 2. The number of benzene rings is 3. The second-order valence-corrected chi connectivity index (χ2v) is 10.7. The van der Waals surface area contributed by atoms with E-state index in [1.54, 1.807) is 6.07 Å². The minimum atomic E-state index is -0.387. The summed E-state index contributed by atoms with van der Waals surface area (Å²) in [5.41, 5.74) is 5.74. The molecule has 0 N–H and O–H groups in total. The molecule has 1 aliphatic heterocycles. The van der Waals surface area contributed by atoms with Crippen LogP contribution in [-0.4, -0.2) is 38.3 Å². The number of carbonyl (C=O) groups excluding carboxylic acids is 1. The zero-order chi connectivity index (χ0) is 26.6. The van der Waals surface area contributed by atoms with E-state index in [0.29, 0.717) is 36.7 Å². The number of halogens is 1. The van der Waals surface area contributed by atoms with Gasteiger partial charge >= 0.3 is 5.97 Å². The molecule has 7 heteroatoms. The van der Waals surface area contributed by atoms with Gasteiger partial charge in [-0.15, -0.1) is 0 Å². The third-order valence-electron chi connectivity index (χ3n) is 7.39. The van der Waals surface area contributed by atoms with Crippen molar-refractivity contribution >= 4 is 17.7 Å². The molecule has 3 aromatic rings. The molecule has 0 aromatic heterocycles. The molecule has 1 heterocycles. The van der Waals surface area contributed by atoms with Crippen LogP contribution in [0.4, 0.5) is 4.39 Å². The number of rotatable bonds is 10. The van der Waals surface area contributed by atoms with E-state index in [-0.39, 0.29) is 30.2 Å². The summed E-state index contributed by atoms with van der Waals surface area (Å²) in [6.45, 7) is 3.17. The molecule has 0 radical (unpaired) electrons. The second kappa shape index (κ2) is 11.7. The number of esters is 1. The quantitative estimate of drug-likeness (QED) is 0.205. The standard InChI is InChI=1S/C31H33FO5S/c1-19-22(6-4-7-27(19)35-14-5-15-38-3)24-10-12-26(32)31-25(24)11-13-28(31)37-21-8-9-23-20(16-30(33)34-2)18-36-29(23)17-21/h4,6-10,12,17,20,28H,5,11,13-16,18H2,1-3H3/t20-,28-/m1/s1. The highest BCUT2D eigenvalue weighted by Crippen LogP contribution is 2.45. The summed E-state index contributed by atoms with van der Waals surface area (Å²) in [4.78, 5) is 11.7. The third kappa shape index (κ3) is 5.35. The van der Waals surface area contributed by atoms with Crippen molar-refractivity contribution < 1.29 is 28.1 Å². The molecule has 2 atom stereocenters. The van der Waals surface area contributed by atoms with Crippen LogP contribution in [0.3, 0.4) is 0 Å². The lowest BCUT2D eigenvalue weighted by Gasteiger charge is -2.18. The van der Waals surface area contributed by atoms with Gasteiger partial charge in [0.05, 0.1) is 26.7 Å². The Labute approximate surface area is 227 Å². The summed E-state index contributed by atoms with van der Waals surface area (Å²) >= 11 is 1.81. The summed E-state index contributed by atoms with van der Waals surface area (Å²) in [5, 5.41) is 0. The predicted molar refractivity (Wildman–Crippen MR) is 148 cm³/mol. The zero-order valence-corrected chi connectivity index (χ0v) is 22.9. The van der Waals surface area contributed by atoms with Gasteiger partial charge in [-0.25, -0.2) is 4.39 Å². The molecular formula is C31H33FO5S. The monoisotopic (exact) mass is 536 g/mol. The van der Waals surface area contributed by atoms with Crippen LogP contribution in [0.2, 0.25) is 0 Å². The Kier molecular flexibility index (Phi) is 8.12. The van der Waals surface area contributed by atoms with Crippen LogP contribution in [0.15, 0.2) is 48.5 Å². The Balaban J connectivity index is 1.37. The lowest BCUT2D eigenvalue weighted by Crippen LogP contribution is -2.09. The first kappa shape index (κ1) is 26.4. The number of hydrogen-bond donors (Lipinski definition) is 0. The van der Waals surface area contributed by atoms with Gasteiger partial charge in [-0.3, -0.25) is 4.79 Å². The van der Waals surface area contributed by atoms with Crippen molar-refractivity contribution in [1.82, 2.24) is 0 Å². The van der Waals surface area contributed by atoms with Crippen LogP contribution >= 0.6 is 11.8 Å². The van der Waals surface area contributed by atoms with Gasteiger partial charge in [-0.1, -0.05) is 24.3 Å². The highest BCUT2D eigenvalue weighted by molar-refractivity contribution is 7.98. The number of thioether (sulfide) groups is 1. The molecule has 0 spiro atoms. The zero-order valence-electron chi connectivity index (χ0n) is 22.1. The summed E-state index contributed by atoms with van der Waals surface area (Å²) in [5.74, 6) is 2.72. The fraction of sp³-hybridized carbons (Fsp3) is 0.387. The summed E-state index contributed by atoms with van der Waals surface area (Å²) in [6.07, 6.45) is 4.40. The van der Waals surface area contributed by atoms with Crippen molar-refractivity contribution in [2.24, 2.45) is 0 Å². The lowest BCUT2D eigenvalue weighted by atomic mass is 9.93. The average molecular weight is 537 g/mol. The number of methoxy groups -OCH3 is 1. The third-order valence-corrected chi connectivity index (χ3v) is 8.09. The van der Waals surface area contributed by atoms with Gasteiger partial charge in [0, 0.05) is 23.1 Å². The maximum atomic E-state index is 15.2. The Morgan fingerprint density at radius 2 is 2.03 bits per heavy atom. The molecule has 0 fully saturated rings. The summed E-state index contributed by atoms with van der Waals surface area (Å²) in [6, 6.07) is 15.2. The van der Waals surface area contributed by atoms with E-state index in [4.69, 9.17) is 18.9 Å². The first-order valence-electron chi connectivity index (χ1n) is 13.0. The van der Waals surface area contributed by atoms with Crippen molar-refractivity contribution in [2.45, 2.75) is 44.6 Å². The first-order valence-corrected chi connectivity index (χ1v) is 14.4. The number of carbonyl (C=O) groups is 1. The van der Waals surface area contributed by atoms with E-state index < -0.39 is 0 Å². The molecule has 38 heavy (non-hydrogen) atoms. The molecule has 3 aromatic carbocycles. The lowest BCUT2D eigenvalue weighted by molar-refractivity contribution is -0.141. The van der Waals surface area contributed by atoms with E-state index >= 15 is 4.39 Å². The van der Waals surface area contributed by atoms with Gasteiger partial charge in [-0.2, -0.15) is 11.8 Å². The van der Waals surface area contributed by atoms with E-state index in [1.807, 2.05) is 48.2 Å². The Morgan fingerprint density at radius 3 is 2.84 bits per heavy atom. The van der Waals surface area contributed by atoms with E-state index in [0.717, 1.165) is 52.2 Å². The maximum Gasteiger partial charge on any atom is 0.306 e. The van der Waals surface area contributed by atoms with Crippen molar-refractivity contribution in [3.63, 3.8) is 0 Å². The van der Waals surface area contributed by atoms with Crippen LogP contribution in [0.5, 0.6) is 17.2 Å². The normalized spacial score (nSPS) is 17.5. The van der Waals surface area contributed by atoms with Gasteiger partial charge in [0.25, 0.3) is 0 Å². The molecule has 2 aliphatic rings. The number of ether oxygens (including phenoxy) is 4. The second-order valence-electron chi connectivity index (χ2n) is 9.74. The van der Waals surface area contributed by atoms with E-state index in [1.165, 1.54) is 7.11 Å². The summed E-state index contributed by atoms with van der Waals surface area (Å²) in [7, 11) is 1.39. The topological polar surface area (TPSA) is 54.0 Å². The molecule has 5 nitrogen and oxygen atoms in total. The molecular weight excluding hydrogens is 503 g/mol. The molecule has 0 bridgehead atoms. The number of hydrogen-bond acceptors (Lipinski definition) is 6. The minimum Gasteiger partial charge on any atom is -0.493 e. The fourth-order valence-corrected chi connectivity index (χ4v) is 5.85. The van der Waals surface area contributed by atoms with Gasteiger partial charge in [0.15, 0.2) is 0 Å². The highest BCUT2D eigenvalue weighted by Gasteiger charge is 2.32. The van der Waals surface area contributed by atoms with Crippen molar-refractivity contribution in [1.29, 1.82) is 0 Å². The van der Waals surface area contributed by atoms with Gasteiger partial charge in [0.2, 0.25) is 0 Å². The van der Waals surface area contributed by atoms with E-state index in [9.17, 15) is 4.79 Å². The summed E-state index contributed by atoms with van der Waals surface area (Å²) < 4.78 is 38.2. The molecule has 0 unspecified atom stereocenters. The molecule has 1 aliphatic carbocycles. The van der Waals surface area contributed by atoms with Gasteiger partial charge in [0.1, 0.15) is 29.2 Å². The molecule has 200 valence electrons. The SMILES string of the molecule is COC(=O)C[C@@H]1COc2cc(O[C@@H]3CCc4c(-c5cccc(OCCCSC)c5C)ccc(F)c43)ccc21. The Hall–Kier alpha value is -3.19. The smallest absolute Gasteiger partial charge is 0.306 e. The minimum absolute atomic E-state index is 0.0350. The highest BCUT2D eigenvalue weighted by atomic mass is 32.2. The fourth-order valence-electron chi connectivity index (χ4n) is 5.44. The van der Waals surface area contributed by atoms with E-state index in [2.05, 4.69) is 19.2 Å². The van der Waals surface area contributed by atoms with Crippen LogP contribution in [0, 0.1) is 12.7 Å². The van der Waals surface area contributed by atoms with Gasteiger partial charge < -0.3 is 18.9 Å². The van der Waals surface area contributed by atoms with Crippen molar-refractivity contribution in [3.05, 3.63) is 76.6 Å². The largest absolute Gasteiger partial charge is 0.493 e. The van der Waals surface area contributed by atoms with Crippen molar-refractivity contribution in [2.75, 3.05) is 32.3 Å². The molecule has 0 saturated carbocycles. The van der Waals surface area contributed by atoms with Crippen LogP contribution in [0.25, 0.3) is 11.1 Å².